The molecule has 1 aliphatic heterocycles. The number of hydrogen-bond donors (Lipinski definition) is 1. The molecule has 0 radical (unpaired) electrons. The normalized spacial score (nSPS) is 18.0. The molecular formula is C16H17N5S. The van der Waals surface area contributed by atoms with Gasteiger partial charge in [0.1, 0.15) is 22.8 Å². The molecule has 1 aliphatic rings. The molecule has 0 amide bonds. The van der Waals surface area contributed by atoms with E-state index in [0.29, 0.717) is 5.92 Å². The number of anilines is 2. The Morgan fingerprint density at radius 3 is 3.14 bits per heavy atom. The van der Waals surface area contributed by atoms with Crippen LogP contribution in [-0.2, 0) is 0 Å². The molecule has 1 unspecified atom stereocenters. The van der Waals surface area contributed by atoms with E-state index in [1.165, 1.54) is 11.8 Å². The zero-order chi connectivity index (χ0) is 14.8. The molecule has 1 N–H and O–H groups in total. The van der Waals surface area contributed by atoms with Gasteiger partial charge in [-0.1, -0.05) is 6.07 Å². The monoisotopic (exact) mass is 311 g/mol. The molecule has 5 nitrogen and oxygen atoms in total. The van der Waals surface area contributed by atoms with Crippen molar-refractivity contribution in [1.82, 2.24) is 15.0 Å². The highest BCUT2D eigenvalue weighted by Crippen LogP contribution is 2.30. The lowest BCUT2D eigenvalue weighted by atomic mass is 10.1. The second kappa shape index (κ2) is 5.88. The van der Waals surface area contributed by atoms with Gasteiger partial charge in [0.2, 0.25) is 0 Å². The molecule has 4 rings (SSSR count). The van der Waals surface area contributed by atoms with Crippen LogP contribution in [0.4, 0.5) is 11.6 Å². The molecule has 3 aromatic heterocycles. The lowest BCUT2D eigenvalue weighted by molar-refractivity contribution is 0.621. The molecule has 112 valence electrons. The van der Waals surface area contributed by atoms with Crippen LogP contribution in [0.1, 0.15) is 6.42 Å². The molecule has 3 aromatic rings. The van der Waals surface area contributed by atoms with Gasteiger partial charge in [-0.05, 0) is 35.9 Å². The molecule has 0 aromatic carbocycles. The van der Waals surface area contributed by atoms with E-state index in [-0.39, 0.29) is 0 Å². The van der Waals surface area contributed by atoms with Gasteiger partial charge in [-0.2, -0.15) is 0 Å². The largest absolute Gasteiger partial charge is 0.370 e. The van der Waals surface area contributed by atoms with Gasteiger partial charge in [0, 0.05) is 25.8 Å². The van der Waals surface area contributed by atoms with E-state index in [1.807, 2.05) is 24.4 Å². The van der Waals surface area contributed by atoms with Gasteiger partial charge in [0.05, 0.1) is 5.39 Å². The fourth-order valence-electron chi connectivity index (χ4n) is 2.94. The lowest BCUT2D eigenvalue weighted by Crippen LogP contribution is -2.23. The second-order valence-electron chi connectivity index (χ2n) is 5.53. The van der Waals surface area contributed by atoms with Crippen LogP contribution in [-0.4, -0.2) is 34.6 Å². The standard InChI is InChI=1S/C16H17N5S/c1-2-6-17-14(3-1)18-9-12-4-7-21(10-12)15-13-5-8-22-16(13)20-11-19-15/h1-3,5-6,8,11-12H,4,7,9-10H2,(H,17,18). The van der Waals surface area contributed by atoms with Crippen LogP contribution in [0, 0.1) is 5.92 Å². The first-order valence-electron chi connectivity index (χ1n) is 7.48. The van der Waals surface area contributed by atoms with Crippen LogP contribution < -0.4 is 10.2 Å². The third-order valence-electron chi connectivity index (χ3n) is 4.06. The number of thiophene rings is 1. The third-order valence-corrected chi connectivity index (χ3v) is 4.88. The summed E-state index contributed by atoms with van der Waals surface area (Å²) in [5, 5.41) is 6.68. The minimum absolute atomic E-state index is 0.616. The summed E-state index contributed by atoms with van der Waals surface area (Å²) in [7, 11) is 0. The molecule has 1 saturated heterocycles. The van der Waals surface area contributed by atoms with Gasteiger partial charge in [0.15, 0.2) is 0 Å². The summed E-state index contributed by atoms with van der Waals surface area (Å²) in [5.41, 5.74) is 0. The Bertz CT molecular complexity index is 757. The Balaban J connectivity index is 1.43. The minimum atomic E-state index is 0.616. The molecule has 1 fully saturated rings. The van der Waals surface area contributed by atoms with E-state index in [2.05, 4.69) is 36.6 Å². The van der Waals surface area contributed by atoms with Crippen molar-refractivity contribution in [2.45, 2.75) is 6.42 Å². The van der Waals surface area contributed by atoms with Crippen LogP contribution in [0.3, 0.4) is 0 Å². The predicted octanol–water partition coefficient (Wildman–Crippen LogP) is 3.02. The molecule has 0 spiro atoms. The summed E-state index contributed by atoms with van der Waals surface area (Å²) in [6, 6.07) is 8.06. The Morgan fingerprint density at radius 2 is 2.23 bits per heavy atom. The number of nitrogens with zero attached hydrogens (tertiary/aromatic N) is 4. The molecule has 0 aliphatic carbocycles. The van der Waals surface area contributed by atoms with Crippen LogP contribution in [0.15, 0.2) is 42.2 Å². The van der Waals surface area contributed by atoms with E-state index >= 15 is 0 Å². The van der Waals surface area contributed by atoms with Gasteiger partial charge in [-0.25, -0.2) is 15.0 Å². The Labute approximate surface area is 133 Å². The summed E-state index contributed by atoms with van der Waals surface area (Å²) in [4.78, 5) is 16.6. The fraction of sp³-hybridized carbons (Fsp3) is 0.312. The van der Waals surface area contributed by atoms with Gasteiger partial charge in [0.25, 0.3) is 0 Å². The zero-order valence-electron chi connectivity index (χ0n) is 12.1. The molecule has 4 heterocycles. The van der Waals surface area contributed by atoms with E-state index < -0.39 is 0 Å². The van der Waals surface area contributed by atoms with Crippen molar-refractivity contribution in [2.24, 2.45) is 5.92 Å². The highest BCUT2D eigenvalue weighted by molar-refractivity contribution is 7.16. The van der Waals surface area contributed by atoms with Gasteiger partial charge in [-0.3, -0.25) is 0 Å². The first-order valence-corrected chi connectivity index (χ1v) is 8.36. The summed E-state index contributed by atoms with van der Waals surface area (Å²) in [6.45, 7) is 3.03. The van der Waals surface area contributed by atoms with E-state index in [4.69, 9.17) is 0 Å². The smallest absolute Gasteiger partial charge is 0.140 e. The van der Waals surface area contributed by atoms with Crippen molar-refractivity contribution in [3.8, 4) is 0 Å². The van der Waals surface area contributed by atoms with Crippen LogP contribution in [0.5, 0.6) is 0 Å². The van der Waals surface area contributed by atoms with Crippen molar-refractivity contribution in [3.63, 3.8) is 0 Å². The second-order valence-corrected chi connectivity index (χ2v) is 6.43. The Hall–Kier alpha value is -2.21. The highest BCUT2D eigenvalue weighted by Gasteiger charge is 2.24. The lowest BCUT2D eigenvalue weighted by Gasteiger charge is -2.18. The van der Waals surface area contributed by atoms with E-state index in [1.54, 1.807) is 17.7 Å². The number of nitrogens with one attached hydrogen (secondary N) is 1. The molecule has 0 bridgehead atoms. The summed E-state index contributed by atoms with van der Waals surface area (Å²) in [6.07, 6.45) is 4.67. The molecule has 0 saturated carbocycles. The Kier molecular flexibility index (Phi) is 3.60. The van der Waals surface area contributed by atoms with Crippen molar-refractivity contribution >= 4 is 33.2 Å². The first kappa shape index (κ1) is 13.5. The zero-order valence-corrected chi connectivity index (χ0v) is 13.0. The van der Waals surface area contributed by atoms with Gasteiger partial charge < -0.3 is 10.2 Å². The number of hydrogen-bond acceptors (Lipinski definition) is 6. The van der Waals surface area contributed by atoms with Crippen molar-refractivity contribution in [2.75, 3.05) is 29.9 Å². The Morgan fingerprint density at radius 1 is 1.23 bits per heavy atom. The van der Waals surface area contributed by atoms with Crippen LogP contribution in [0.2, 0.25) is 0 Å². The van der Waals surface area contributed by atoms with E-state index in [9.17, 15) is 0 Å². The summed E-state index contributed by atoms with van der Waals surface area (Å²) >= 11 is 1.67. The molecular weight excluding hydrogens is 294 g/mol. The topological polar surface area (TPSA) is 53.9 Å². The van der Waals surface area contributed by atoms with Crippen molar-refractivity contribution in [1.29, 1.82) is 0 Å². The minimum Gasteiger partial charge on any atom is -0.370 e. The molecule has 1 atom stereocenters. The van der Waals surface area contributed by atoms with Crippen molar-refractivity contribution in [3.05, 3.63) is 42.2 Å². The first-order chi connectivity index (χ1) is 10.9. The fourth-order valence-corrected chi connectivity index (χ4v) is 3.66. The highest BCUT2D eigenvalue weighted by atomic mass is 32.1. The summed E-state index contributed by atoms with van der Waals surface area (Å²) < 4.78 is 0. The number of aromatic nitrogens is 3. The third kappa shape index (κ3) is 2.62. The maximum absolute atomic E-state index is 4.50. The quantitative estimate of drug-likeness (QED) is 0.802. The number of pyridine rings is 1. The predicted molar refractivity (Wildman–Crippen MR) is 90.5 cm³/mol. The van der Waals surface area contributed by atoms with Gasteiger partial charge >= 0.3 is 0 Å². The molecule has 6 heteroatoms. The summed E-state index contributed by atoms with van der Waals surface area (Å²) in [5.74, 6) is 2.64. The van der Waals surface area contributed by atoms with Gasteiger partial charge in [-0.15, -0.1) is 11.3 Å². The van der Waals surface area contributed by atoms with Crippen LogP contribution >= 0.6 is 11.3 Å². The number of fused-ring (bicyclic) bond motifs is 1. The SMILES string of the molecule is c1ccc(NCC2CCN(c3ncnc4sccc34)C2)nc1. The van der Waals surface area contributed by atoms with Crippen molar-refractivity contribution < 1.29 is 0 Å². The van der Waals surface area contributed by atoms with Crippen LogP contribution in [0.25, 0.3) is 10.2 Å². The van der Waals surface area contributed by atoms with E-state index in [0.717, 1.165) is 36.1 Å². The maximum atomic E-state index is 4.50. The number of rotatable bonds is 4. The maximum Gasteiger partial charge on any atom is 0.140 e. The average molecular weight is 311 g/mol. The average Bonchev–Trinajstić information content (AvgIpc) is 3.22. The molecule has 22 heavy (non-hydrogen) atoms.